The van der Waals surface area contributed by atoms with Crippen molar-refractivity contribution in [3.05, 3.63) is 0 Å². The van der Waals surface area contributed by atoms with Crippen molar-refractivity contribution in [1.29, 1.82) is 0 Å². The first-order chi connectivity index (χ1) is 7.94. The number of aliphatic hydroxyl groups excluding tert-OH is 1. The van der Waals surface area contributed by atoms with E-state index in [0.29, 0.717) is 19.5 Å². The standard InChI is InChI=1S/C10H20N2O4S/c1-12(4-2-5-13)10(14)7-9-8-17(15,16)6-3-11-9/h9,11,13H,2-8H2,1H3. The SMILES string of the molecule is CN(CCCO)C(=O)CC1CS(=O)(=O)CCN1. The molecule has 0 bridgehead atoms. The van der Waals surface area contributed by atoms with E-state index in [2.05, 4.69) is 5.32 Å². The van der Waals surface area contributed by atoms with Gasteiger partial charge >= 0.3 is 0 Å². The van der Waals surface area contributed by atoms with E-state index in [1.807, 2.05) is 0 Å². The summed E-state index contributed by atoms with van der Waals surface area (Å²) in [6.07, 6.45) is 0.736. The van der Waals surface area contributed by atoms with Crippen molar-refractivity contribution in [2.45, 2.75) is 18.9 Å². The van der Waals surface area contributed by atoms with Crippen LogP contribution in [-0.2, 0) is 14.6 Å². The molecule has 0 aromatic rings. The molecule has 1 amide bonds. The number of hydrogen-bond acceptors (Lipinski definition) is 5. The maximum Gasteiger partial charge on any atom is 0.223 e. The lowest BCUT2D eigenvalue weighted by Gasteiger charge is -2.25. The third-order valence-electron chi connectivity index (χ3n) is 2.80. The van der Waals surface area contributed by atoms with Gasteiger partial charge in [-0.05, 0) is 6.42 Å². The van der Waals surface area contributed by atoms with Gasteiger partial charge in [0, 0.05) is 39.2 Å². The lowest BCUT2D eigenvalue weighted by Crippen LogP contribution is -2.47. The number of sulfone groups is 1. The van der Waals surface area contributed by atoms with Gasteiger partial charge in [-0.2, -0.15) is 0 Å². The first-order valence-corrected chi connectivity index (χ1v) is 7.55. The maximum atomic E-state index is 11.7. The predicted octanol–water partition coefficient (Wildman–Crippen LogP) is -1.40. The van der Waals surface area contributed by atoms with Crippen molar-refractivity contribution in [2.24, 2.45) is 0 Å². The number of carbonyl (C=O) groups excluding carboxylic acids is 1. The predicted molar refractivity (Wildman–Crippen MR) is 64.4 cm³/mol. The minimum atomic E-state index is -2.99. The first kappa shape index (κ1) is 14.4. The van der Waals surface area contributed by atoms with Gasteiger partial charge in [0.1, 0.15) is 0 Å². The van der Waals surface area contributed by atoms with Crippen LogP contribution >= 0.6 is 0 Å². The normalized spacial score (nSPS) is 23.3. The maximum absolute atomic E-state index is 11.7. The summed E-state index contributed by atoms with van der Waals surface area (Å²) >= 11 is 0. The summed E-state index contributed by atoms with van der Waals surface area (Å²) in [5, 5.41) is 11.7. The Bertz CT molecular complexity index is 355. The number of amides is 1. The van der Waals surface area contributed by atoms with E-state index in [4.69, 9.17) is 5.11 Å². The highest BCUT2D eigenvalue weighted by molar-refractivity contribution is 7.91. The fourth-order valence-corrected chi connectivity index (χ4v) is 3.24. The highest BCUT2D eigenvalue weighted by Crippen LogP contribution is 2.06. The average Bonchev–Trinajstić information content (AvgIpc) is 2.24. The zero-order valence-electron chi connectivity index (χ0n) is 10.1. The van der Waals surface area contributed by atoms with Crippen molar-refractivity contribution in [3.63, 3.8) is 0 Å². The van der Waals surface area contributed by atoms with Crippen LogP contribution in [0, 0.1) is 0 Å². The Kier molecular flexibility index (Phi) is 5.35. The Morgan fingerprint density at radius 2 is 2.24 bits per heavy atom. The molecule has 1 aliphatic rings. The van der Waals surface area contributed by atoms with E-state index in [1.54, 1.807) is 7.05 Å². The van der Waals surface area contributed by atoms with Gasteiger partial charge in [-0.25, -0.2) is 8.42 Å². The van der Waals surface area contributed by atoms with E-state index in [9.17, 15) is 13.2 Å². The Morgan fingerprint density at radius 3 is 2.82 bits per heavy atom. The molecule has 0 aliphatic carbocycles. The van der Waals surface area contributed by atoms with Gasteiger partial charge in [0.15, 0.2) is 9.84 Å². The van der Waals surface area contributed by atoms with Crippen LogP contribution in [0.15, 0.2) is 0 Å². The molecule has 0 spiro atoms. The Hall–Kier alpha value is -0.660. The largest absolute Gasteiger partial charge is 0.396 e. The molecule has 0 aromatic carbocycles. The summed E-state index contributed by atoms with van der Waals surface area (Å²) < 4.78 is 22.8. The molecule has 1 unspecified atom stereocenters. The van der Waals surface area contributed by atoms with Crippen molar-refractivity contribution in [2.75, 3.05) is 38.2 Å². The lowest BCUT2D eigenvalue weighted by molar-refractivity contribution is -0.130. The highest BCUT2D eigenvalue weighted by atomic mass is 32.2. The van der Waals surface area contributed by atoms with Crippen LogP contribution < -0.4 is 5.32 Å². The zero-order chi connectivity index (χ0) is 12.9. The molecular formula is C10H20N2O4S. The van der Waals surface area contributed by atoms with Crippen molar-refractivity contribution < 1.29 is 18.3 Å². The smallest absolute Gasteiger partial charge is 0.223 e. The molecule has 6 nitrogen and oxygen atoms in total. The van der Waals surface area contributed by atoms with Crippen LogP contribution in [0.1, 0.15) is 12.8 Å². The molecule has 0 aromatic heterocycles. The van der Waals surface area contributed by atoms with Crippen LogP contribution in [0.2, 0.25) is 0 Å². The highest BCUT2D eigenvalue weighted by Gasteiger charge is 2.26. The molecule has 1 rings (SSSR count). The van der Waals surface area contributed by atoms with Gasteiger partial charge in [-0.3, -0.25) is 4.79 Å². The van der Waals surface area contributed by atoms with Crippen LogP contribution in [0.25, 0.3) is 0 Å². The second kappa shape index (κ2) is 6.32. The fourth-order valence-electron chi connectivity index (χ4n) is 1.80. The topological polar surface area (TPSA) is 86.7 Å². The number of nitrogens with one attached hydrogen (secondary N) is 1. The molecule has 1 atom stereocenters. The quantitative estimate of drug-likeness (QED) is 0.638. The molecule has 0 saturated carbocycles. The summed E-state index contributed by atoms with van der Waals surface area (Å²) in [6.45, 7) is 0.961. The van der Waals surface area contributed by atoms with E-state index < -0.39 is 9.84 Å². The van der Waals surface area contributed by atoms with Gasteiger partial charge in [0.25, 0.3) is 0 Å². The monoisotopic (exact) mass is 264 g/mol. The second-order valence-electron chi connectivity index (χ2n) is 4.36. The fraction of sp³-hybridized carbons (Fsp3) is 0.900. The molecule has 1 heterocycles. The van der Waals surface area contributed by atoms with E-state index >= 15 is 0 Å². The minimum Gasteiger partial charge on any atom is -0.396 e. The Labute approximate surface area is 102 Å². The summed E-state index contributed by atoms with van der Waals surface area (Å²) in [5.74, 6) is 0.0954. The number of nitrogens with zero attached hydrogens (tertiary/aromatic N) is 1. The molecule has 7 heteroatoms. The summed E-state index contributed by atoms with van der Waals surface area (Å²) in [5.41, 5.74) is 0. The molecule has 100 valence electrons. The van der Waals surface area contributed by atoms with Gasteiger partial charge in [-0.1, -0.05) is 0 Å². The van der Waals surface area contributed by atoms with Crippen LogP contribution in [0.4, 0.5) is 0 Å². The molecule has 1 aliphatic heterocycles. The van der Waals surface area contributed by atoms with Crippen LogP contribution in [0.3, 0.4) is 0 Å². The second-order valence-corrected chi connectivity index (χ2v) is 6.59. The van der Waals surface area contributed by atoms with Crippen molar-refractivity contribution in [3.8, 4) is 0 Å². The van der Waals surface area contributed by atoms with Crippen molar-refractivity contribution >= 4 is 15.7 Å². The number of carbonyl (C=O) groups is 1. The van der Waals surface area contributed by atoms with Gasteiger partial charge in [0.05, 0.1) is 11.5 Å². The molecular weight excluding hydrogens is 244 g/mol. The van der Waals surface area contributed by atoms with Crippen molar-refractivity contribution in [1.82, 2.24) is 10.2 Å². The zero-order valence-corrected chi connectivity index (χ0v) is 10.9. The lowest BCUT2D eigenvalue weighted by atomic mass is 10.2. The van der Waals surface area contributed by atoms with E-state index in [1.165, 1.54) is 4.90 Å². The average molecular weight is 264 g/mol. The Balaban J connectivity index is 2.40. The van der Waals surface area contributed by atoms with Crippen LogP contribution in [0.5, 0.6) is 0 Å². The third-order valence-corrected chi connectivity index (χ3v) is 4.54. The van der Waals surface area contributed by atoms with E-state index in [0.717, 1.165) is 0 Å². The van der Waals surface area contributed by atoms with Gasteiger partial charge in [0.2, 0.25) is 5.91 Å². The van der Waals surface area contributed by atoms with E-state index in [-0.39, 0.29) is 36.5 Å². The molecule has 17 heavy (non-hydrogen) atoms. The number of aliphatic hydroxyl groups is 1. The molecule has 0 radical (unpaired) electrons. The molecule has 2 N–H and O–H groups in total. The molecule has 1 saturated heterocycles. The summed E-state index contributed by atoms with van der Waals surface area (Å²) in [7, 11) is -1.33. The molecule has 1 fully saturated rings. The summed E-state index contributed by atoms with van der Waals surface area (Å²) in [4.78, 5) is 13.3. The number of hydrogen-bond donors (Lipinski definition) is 2. The van der Waals surface area contributed by atoms with Gasteiger partial charge < -0.3 is 15.3 Å². The van der Waals surface area contributed by atoms with Crippen LogP contribution in [-0.4, -0.2) is 68.6 Å². The van der Waals surface area contributed by atoms with Gasteiger partial charge in [-0.15, -0.1) is 0 Å². The third kappa shape index (κ3) is 5.01. The number of rotatable bonds is 5. The summed E-state index contributed by atoms with van der Waals surface area (Å²) in [6, 6.07) is -0.280. The Morgan fingerprint density at radius 1 is 1.53 bits per heavy atom. The first-order valence-electron chi connectivity index (χ1n) is 5.73. The minimum absolute atomic E-state index is 0.0343.